The highest BCUT2D eigenvalue weighted by atomic mass is 16.5. The number of aromatic nitrogens is 3. The Kier molecular flexibility index (Phi) is 5.80. The van der Waals surface area contributed by atoms with E-state index in [1.807, 2.05) is 79.7 Å². The number of hydrogen-bond acceptors (Lipinski definition) is 4. The third-order valence-electron chi connectivity index (χ3n) is 4.71. The van der Waals surface area contributed by atoms with Gasteiger partial charge in [0.25, 0.3) is 0 Å². The van der Waals surface area contributed by atoms with Gasteiger partial charge in [-0.25, -0.2) is 4.68 Å². The van der Waals surface area contributed by atoms with Crippen LogP contribution in [0.25, 0.3) is 11.8 Å². The Morgan fingerprint density at radius 2 is 1.77 bits per heavy atom. The summed E-state index contributed by atoms with van der Waals surface area (Å²) in [5, 5.41) is 4.37. The molecule has 5 nitrogen and oxygen atoms in total. The molecule has 0 unspecified atom stereocenters. The molecule has 0 radical (unpaired) electrons. The number of ether oxygens (including phenoxy) is 1. The number of carbonyl (C=O) groups is 1. The zero-order valence-electron chi connectivity index (χ0n) is 16.6. The third kappa shape index (κ3) is 4.36. The highest BCUT2D eigenvalue weighted by Crippen LogP contribution is 2.21. The topological polar surface area (TPSA) is 57.0 Å². The molecular weight excluding hydrogens is 374 g/mol. The van der Waals surface area contributed by atoms with Crippen LogP contribution in [0.15, 0.2) is 91.3 Å². The van der Waals surface area contributed by atoms with Gasteiger partial charge in [-0.15, -0.1) is 0 Å². The fraction of sp³-hybridized carbons (Fsp3) is 0.0800. The number of allylic oxidation sites excluding steroid dienone is 1. The molecule has 0 saturated heterocycles. The molecule has 4 aromatic rings. The molecular formula is C25H21N3O2. The van der Waals surface area contributed by atoms with Crippen molar-refractivity contribution in [2.45, 2.75) is 13.5 Å². The van der Waals surface area contributed by atoms with Gasteiger partial charge in [0, 0.05) is 11.8 Å². The van der Waals surface area contributed by atoms with E-state index >= 15 is 0 Å². The van der Waals surface area contributed by atoms with Crippen molar-refractivity contribution in [2.75, 3.05) is 0 Å². The van der Waals surface area contributed by atoms with Crippen LogP contribution in [-0.2, 0) is 6.61 Å². The van der Waals surface area contributed by atoms with E-state index < -0.39 is 0 Å². The average molecular weight is 395 g/mol. The Morgan fingerprint density at radius 3 is 2.57 bits per heavy atom. The first kappa shape index (κ1) is 19.3. The molecule has 4 rings (SSSR count). The van der Waals surface area contributed by atoms with Crippen LogP contribution in [-0.4, -0.2) is 20.5 Å². The van der Waals surface area contributed by atoms with Crippen molar-refractivity contribution in [3.05, 3.63) is 114 Å². The van der Waals surface area contributed by atoms with Crippen molar-refractivity contribution < 1.29 is 9.53 Å². The number of ketones is 1. The number of para-hydroxylation sites is 2. The third-order valence-corrected chi connectivity index (χ3v) is 4.71. The molecule has 0 fully saturated rings. The van der Waals surface area contributed by atoms with Gasteiger partial charge in [0.2, 0.25) is 0 Å². The van der Waals surface area contributed by atoms with E-state index in [0.29, 0.717) is 17.9 Å². The molecule has 0 N–H and O–H groups in total. The fourth-order valence-corrected chi connectivity index (χ4v) is 3.12. The summed E-state index contributed by atoms with van der Waals surface area (Å²) >= 11 is 0. The van der Waals surface area contributed by atoms with Gasteiger partial charge in [-0.1, -0.05) is 42.5 Å². The van der Waals surface area contributed by atoms with Crippen LogP contribution < -0.4 is 4.74 Å². The van der Waals surface area contributed by atoms with Crippen molar-refractivity contribution in [3.8, 4) is 11.4 Å². The summed E-state index contributed by atoms with van der Waals surface area (Å²) < 4.78 is 7.67. The SMILES string of the molecule is Cc1c(C(=O)/C=C/c2ccccc2OCc2ccccn2)cnn1-c1ccccc1. The molecule has 30 heavy (non-hydrogen) atoms. The van der Waals surface area contributed by atoms with E-state index in [1.54, 1.807) is 29.2 Å². The molecule has 0 aliphatic heterocycles. The first-order valence-electron chi connectivity index (χ1n) is 9.66. The van der Waals surface area contributed by atoms with Crippen LogP contribution in [0.1, 0.15) is 27.3 Å². The van der Waals surface area contributed by atoms with Gasteiger partial charge in [-0.05, 0) is 49.4 Å². The van der Waals surface area contributed by atoms with Gasteiger partial charge in [0.1, 0.15) is 12.4 Å². The van der Waals surface area contributed by atoms with Crippen LogP contribution in [0.2, 0.25) is 0 Å². The molecule has 5 heteroatoms. The predicted molar refractivity (Wildman–Crippen MR) is 117 cm³/mol. The smallest absolute Gasteiger partial charge is 0.189 e. The number of nitrogens with zero attached hydrogens (tertiary/aromatic N) is 3. The number of pyridine rings is 1. The lowest BCUT2D eigenvalue weighted by Crippen LogP contribution is -2.01. The summed E-state index contributed by atoms with van der Waals surface area (Å²) in [5.41, 5.74) is 3.97. The summed E-state index contributed by atoms with van der Waals surface area (Å²) in [5.74, 6) is 0.595. The summed E-state index contributed by atoms with van der Waals surface area (Å²) in [7, 11) is 0. The Labute approximate surface area is 175 Å². The zero-order valence-corrected chi connectivity index (χ0v) is 16.6. The minimum atomic E-state index is -0.103. The lowest BCUT2D eigenvalue weighted by Gasteiger charge is -2.08. The largest absolute Gasteiger partial charge is 0.487 e. The second-order valence-corrected chi connectivity index (χ2v) is 6.74. The average Bonchev–Trinajstić information content (AvgIpc) is 3.19. The maximum Gasteiger partial charge on any atom is 0.189 e. The van der Waals surface area contributed by atoms with E-state index in [-0.39, 0.29) is 5.78 Å². The van der Waals surface area contributed by atoms with E-state index in [4.69, 9.17) is 4.74 Å². The fourth-order valence-electron chi connectivity index (χ4n) is 3.12. The Hall–Kier alpha value is -3.99. The minimum absolute atomic E-state index is 0.103. The van der Waals surface area contributed by atoms with Crippen LogP contribution in [0, 0.1) is 6.92 Å². The monoisotopic (exact) mass is 395 g/mol. The Morgan fingerprint density at radius 1 is 1.00 bits per heavy atom. The highest BCUT2D eigenvalue weighted by molar-refractivity contribution is 6.07. The molecule has 2 aromatic carbocycles. The van der Waals surface area contributed by atoms with E-state index in [1.165, 1.54) is 0 Å². The molecule has 2 aromatic heterocycles. The van der Waals surface area contributed by atoms with Gasteiger partial charge in [-0.2, -0.15) is 5.10 Å². The molecule has 0 spiro atoms. The standard InChI is InChI=1S/C25H21N3O2/c1-19-23(17-27-28(19)22-11-3-2-4-12-22)24(29)15-14-20-9-5-6-13-25(20)30-18-21-10-7-8-16-26-21/h2-17H,18H2,1H3/b15-14+. The maximum absolute atomic E-state index is 12.8. The summed E-state index contributed by atoms with van der Waals surface area (Å²) in [6, 6.07) is 23.1. The van der Waals surface area contributed by atoms with Crippen LogP contribution in [0.4, 0.5) is 0 Å². The Balaban J connectivity index is 1.51. The number of rotatable bonds is 7. The van der Waals surface area contributed by atoms with Gasteiger partial charge >= 0.3 is 0 Å². The second kappa shape index (κ2) is 9.01. The lowest BCUT2D eigenvalue weighted by atomic mass is 10.1. The summed E-state index contributed by atoms with van der Waals surface area (Å²) in [6.07, 6.45) is 6.68. The molecule has 0 aliphatic rings. The normalized spacial score (nSPS) is 11.0. The van der Waals surface area contributed by atoms with Crippen LogP contribution in [0.5, 0.6) is 5.75 Å². The van der Waals surface area contributed by atoms with E-state index in [0.717, 1.165) is 22.6 Å². The van der Waals surface area contributed by atoms with E-state index in [2.05, 4.69) is 10.1 Å². The van der Waals surface area contributed by atoms with Crippen molar-refractivity contribution in [1.29, 1.82) is 0 Å². The molecule has 0 bridgehead atoms. The molecule has 0 saturated carbocycles. The van der Waals surface area contributed by atoms with Crippen molar-refractivity contribution in [2.24, 2.45) is 0 Å². The van der Waals surface area contributed by atoms with Gasteiger partial charge < -0.3 is 4.74 Å². The molecule has 2 heterocycles. The first-order chi connectivity index (χ1) is 14.7. The highest BCUT2D eigenvalue weighted by Gasteiger charge is 2.13. The van der Waals surface area contributed by atoms with Crippen LogP contribution >= 0.6 is 0 Å². The zero-order chi connectivity index (χ0) is 20.8. The quantitative estimate of drug-likeness (QED) is 0.325. The van der Waals surface area contributed by atoms with Crippen LogP contribution in [0.3, 0.4) is 0 Å². The predicted octanol–water partition coefficient (Wildman–Crippen LogP) is 5.05. The lowest BCUT2D eigenvalue weighted by molar-refractivity contribution is 0.104. The van der Waals surface area contributed by atoms with Crippen molar-refractivity contribution >= 4 is 11.9 Å². The minimum Gasteiger partial charge on any atom is -0.487 e. The van der Waals surface area contributed by atoms with Gasteiger partial charge in [0.05, 0.1) is 28.8 Å². The molecule has 148 valence electrons. The van der Waals surface area contributed by atoms with Crippen molar-refractivity contribution in [1.82, 2.24) is 14.8 Å². The summed E-state index contributed by atoms with van der Waals surface area (Å²) in [6.45, 7) is 2.26. The first-order valence-corrected chi connectivity index (χ1v) is 9.66. The number of hydrogen-bond donors (Lipinski definition) is 0. The molecule has 0 aliphatic carbocycles. The molecule has 0 amide bonds. The van der Waals surface area contributed by atoms with E-state index in [9.17, 15) is 4.79 Å². The summed E-state index contributed by atoms with van der Waals surface area (Å²) in [4.78, 5) is 17.1. The van der Waals surface area contributed by atoms with Crippen molar-refractivity contribution in [3.63, 3.8) is 0 Å². The second-order valence-electron chi connectivity index (χ2n) is 6.74. The number of carbonyl (C=O) groups excluding carboxylic acids is 1. The number of benzene rings is 2. The maximum atomic E-state index is 12.8. The van der Waals surface area contributed by atoms with Gasteiger partial charge in [0.15, 0.2) is 5.78 Å². The Bertz CT molecular complexity index is 1170. The molecule has 0 atom stereocenters. The van der Waals surface area contributed by atoms with Gasteiger partial charge in [-0.3, -0.25) is 9.78 Å².